The van der Waals surface area contributed by atoms with Gasteiger partial charge in [-0.2, -0.15) is 5.10 Å². The molecule has 0 unspecified atom stereocenters. The van der Waals surface area contributed by atoms with Gasteiger partial charge in [0.15, 0.2) is 5.84 Å². The third-order valence-electron chi connectivity index (χ3n) is 4.48. The summed E-state index contributed by atoms with van der Waals surface area (Å²) in [5.41, 5.74) is 7.55. The minimum absolute atomic E-state index is 0.546. The van der Waals surface area contributed by atoms with Gasteiger partial charge in [-0.3, -0.25) is 5.43 Å². The Balaban J connectivity index is 1.75. The highest BCUT2D eigenvalue weighted by atomic mass is 79.9. The topological polar surface area (TPSA) is 49.6 Å². The number of halogens is 3. The van der Waals surface area contributed by atoms with Gasteiger partial charge in [0.05, 0.1) is 17.4 Å². The van der Waals surface area contributed by atoms with Crippen molar-refractivity contribution in [1.29, 1.82) is 0 Å². The number of aliphatic imine (C=N–C) groups is 1. The molecule has 0 aliphatic heterocycles. The van der Waals surface area contributed by atoms with Crippen LogP contribution in [0.4, 0.5) is 5.69 Å². The number of fused-ring (bicyclic) bond motifs is 1. The Hall–Kier alpha value is -2.35. The molecule has 1 N–H and O–H groups in total. The molecule has 4 aromatic rings. The molecule has 3 aromatic carbocycles. The van der Waals surface area contributed by atoms with Gasteiger partial charge in [0, 0.05) is 18.8 Å². The van der Waals surface area contributed by atoms with Crippen molar-refractivity contribution in [1.82, 2.24) is 10.4 Å². The zero-order valence-electron chi connectivity index (χ0n) is 16.5. The summed E-state index contributed by atoms with van der Waals surface area (Å²) < 4.78 is 2.79. The molecular formula is C24H17Br3N4. The quantitative estimate of drug-likeness (QED) is 0.150. The third kappa shape index (κ3) is 5.47. The van der Waals surface area contributed by atoms with Crippen LogP contribution < -0.4 is 5.43 Å². The molecule has 4 nitrogen and oxygen atoms in total. The number of aromatic nitrogens is 1. The van der Waals surface area contributed by atoms with Crippen molar-refractivity contribution >= 4 is 76.4 Å². The number of nitrogens with one attached hydrogen (secondary N) is 1. The Morgan fingerprint density at radius 2 is 1.61 bits per heavy atom. The van der Waals surface area contributed by atoms with Crippen LogP contribution in [0.5, 0.6) is 0 Å². The Labute approximate surface area is 205 Å². The highest BCUT2D eigenvalue weighted by molar-refractivity contribution is 9.11. The molecule has 0 radical (unpaired) electrons. The number of pyridine rings is 1. The number of hydrogen-bond donors (Lipinski definition) is 1. The minimum atomic E-state index is 0.546. The number of benzene rings is 3. The van der Waals surface area contributed by atoms with E-state index in [9.17, 15) is 0 Å². The molecule has 0 amide bonds. The zero-order chi connectivity index (χ0) is 21.8. The molecule has 4 rings (SSSR count). The molecule has 0 fully saturated rings. The van der Waals surface area contributed by atoms with Gasteiger partial charge in [-0.1, -0.05) is 52.3 Å². The normalized spacial score (nSPS) is 11.9. The van der Waals surface area contributed by atoms with E-state index in [0.717, 1.165) is 41.1 Å². The molecule has 0 aliphatic rings. The van der Waals surface area contributed by atoms with Gasteiger partial charge < -0.3 is 0 Å². The summed E-state index contributed by atoms with van der Waals surface area (Å²) in [5, 5.41) is 5.48. The van der Waals surface area contributed by atoms with Gasteiger partial charge in [-0.15, -0.1) is 0 Å². The molecule has 0 saturated heterocycles. The second-order valence-electron chi connectivity index (χ2n) is 6.85. The van der Waals surface area contributed by atoms with Crippen molar-refractivity contribution in [3.05, 3.63) is 103 Å². The average Bonchev–Trinajstić information content (AvgIpc) is 2.76. The summed E-state index contributed by atoms with van der Waals surface area (Å²) in [6.07, 6.45) is 1.75. The van der Waals surface area contributed by atoms with Gasteiger partial charge in [0.1, 0.15) is 5.69 Å². The highest BCUT2D eigenvalue weighted by Gasteiger charge is 2.11. The number of aryl methyl sites for hydroxylation is 1. The van der Waals surface area contributed by atoms with Crippen LogP contribution >= 0.6 is 47.8 Å². The van der Waals surface area contributed by atoms with E-state index in [1.54, 1.807) is 6.21 Å². The monoisotopic (exact) mass is 598 g/mol. The Kier molecular flexibility index (Phi) is 6.95. The van der Waals surface area contributed by atoms with Crippen molar-refractivity contribution < 1.29 is 0 Å². The van der Waals surface area contributed by atoms with E-state index in [0.29, 0.717) is 11.5 Å². The van der Waals surface area contributed by atoms with Gasteiger partial charge in [-0.25, -0.2) is 9.98 Å². The molecular weight excluding hydrogens is 584 g/mol. The van der Waals surface area contributed by atoms with Gasteiger partial charge >= 0.3 is 0 Å². The van der Waals surface area contributed by atoms with Gasteiger partial charge in [0.2, 0.25) is 0 Å². The predicted octanol–water partition coefficient (Wildman–Crippen LogP) is 7.53. The van der Waals surface area contributed by atoms with Gasteiger partial charge in [-0.05, 0) is 86.3 Å². The summed E-state index contributed by atoms with van der Waals surface area (Å²) in [6.45, 7) is 2.04. The first kappa shape index (κ1) is 21.9. The molecule has 1 heterocycles. The summed E-state index contributed by atoms with van der Waals surface area (Å²) >= 11 is 10.7. The minimum Gasteiger partial charge on any atom is -0.260 e. The van der Waals surface area contributed by atoms with Crippen LogP contribution in [0.2, 0.25) is 0 Å². The van der Waals surface area contributed by atoms with E-state index >= 15 is 0 Å². The first-order chi connectivity index (χ1) is 15.0. The third-order valence-corrected chi connectivity index (χ3v) is 6.22. The SMILES string of the molecule is Cc1cc(Br)c(N=C(NN=Cc2ccc(Br)cc2)c2ccc3ccccc3n2)c(Br)c1. The number of nitrogens with zero attached hydrogens (tertiary/aromatic N) is 3. The van der Waals surface area contributed by atoms with E-state index in [2.05, 4.69) is 58.3 Å². The van der Waals surface area contributed by atoms with Crippen LogP contribution in [0.3, 0.4) is 0 Å². The maximum atomic E-state index is 4.85. The van der Waals surface area contributed by atoms with E-state index in [-0.39, 0.29) is 0 Å². The first-order valence-electron chi connectivity index (χ1n) is 9.45. The fraction of sp³-hybridized carbons (Fsp3) is 0.0417. The van der Waals surface area contributed by atoms with E-state index < -0.39 is 0 Å². The molecule has 31 heavy (non-hydrogen) atoms. The highest BCUT2D eigenvalue weighted by Crippen LogP contribution is 2.35. The first-order valence-corrected chi connectivity index (χ1v) is 11.8. The molecule has 0 aliphatic carbocycles. The zero-order valence-corrected chi connectivity index (χ0v) is 21.2. The molecule has 0 atom stereocenters. The second kappa shape index (κ2) is 9.85. The van der Waals surface area contributed by atoms with Gasteiger partial charge in [0.25, 0.3) is 0 Å². The fourth-order valence-electron chi connectivity index (χ4n) is 2.97. The van der Waals surface area contributed by atoms with Crippen LogP contribution in [0, 0.1) is 6.92 Å². The number of hydrogen-bond acceptors (Lipinski definition) is 3. The smallest absolute Gasteiger partial charge is 0.173 e. The predicted molar refractivity (Wildman–Crippen MR) is 139 cm³/mol. The standard InChI is InChI=1S/C24H17Br3N4/c1-15-12-19(26)23(20(27)13-15)30-24(31-28-14-16-6-9-18(25)10-7-16)22-11-8-17-4-2-3-5-21(17)29-22/h2-14H,1H3,(H,30,31). The maximum absolute atomic E-state index is 4.85. The van der Waals surface area contributed by atoms with E-state index in [1.807, 2.05) is 79.7 Å². The van der Waals surface area contributed by atoms with Crippen molar-refractivity contribution in [3.8, 4) is 0 Å². The summed E-state index contributed by atoms with van der Waals surface area (Å²) in [6, 6.07) is 23.9. The van der Waals surface area contributed by atoms with Crippen LogP contribution in [0.25, 0.3) is 10.9 Å². The van der Waals surface area contributed by atoms with Crippen molar-refractivity contribution in [2.45, 2.75) is 6.92 Å². The number of amidine groups is 1. The van der Waals surface area contributed by atoms with E-state index in [1.165, 1.54) is 0 Å². The Morgan fingerprint density at radius 3 is 2.35 bits per heavy atom. The molecule has 154 valence electrons. The number of rotatable bonds is 4. The lowest BCUT2D eigenvalue weighted by atomic mass is 10.2. The lowest BCUT2D eigenvalue weighted by molar-refractivity contribution is 1.02. The van der Waals surface area contributed by atoms with Crippen LogP contribution in [-0.2, 0) is 0 Å². The number of para-hydroxylation sites is 1. The fourth-order valence-corrected chi connectivity index (χ4v) is 4.82. The molecule has 0 bridgehead atoms. The Bertz CT molecular complexity index is 1270. The van der Waals surface area contributed by atoms with Crippen LogP contribution in [-0.4, -0.2) is 17.0 Å². The molecule has 1 aromatic heterocycles. The number of hydrazone groups is 1. The van der Waals surface area contributed by atoms with Crippen LogP contribution in [0.15, 0.2) is 96.3 Å². The van der Waals surface area contributed by atoms with E-state index in [4.69, 9.17) is 9.98 Å². The second-order valence-corrected chi connectivity index (χ2v) is 9.47. The summed E-state index contributed by atoms with van der Waals surface area (Å²) in [7, 11) is 0. The van der Waals surface area contributed by atoms with Crippen molar-refractivity contribution in [3.63, 3.8) is 0 Å². The maximum Gasteiger partial charge on any atom is 0.173 e. The summed E-state index contributed by atoms with van der Waals surface area (Å²) in [5.74, 6) is 0.546. The lowest BCUT2D eigenvalue weighted by Gasteiger charge is -2.10. The molecule has 0 saturated carbocycles. The lowest BCUT2D eigenvalue weighted by Crippen LogP contribution is -2.20. The molecule has 0 spiro atoms. The largest absolute Gasteiger partial charge is 0.260 e. The van der Waals surface area contributed by atoms with Crippen molar-refractivity contribution in [2.75, 3.05) is 0 Å². The molecule has 7 heteroatoms. The average molecular weight is 601 g/mol. The van der Waals surface area contributed by atoms with Crippen molar-refractivity contribution in [2.24, 2.45) is 10.1 Å². The van der Waals surface area contributed by atoms with Crippen LogP contribution in [0.1, 0.15) is 16.8 Å². The summed E-state index contributed by atoms with van der Waals surface area (Å²) in [4.78, 5) is 9.63. The Morgan fingerprint density at radius 1 is 0.903 bits per heavy atom.